The van der Waals surface area contributed by atoms with Gasteiger partial charge in [0.05, 0.1) is 12.7 Å². The van der Waals surface area contributed by atoms with E-state index in [1.807, 2.05) is 19.9 Å². The number of aryl methyl sites for hydroxylation is 2. The van der Waals surface area contributed by atoms with Crippen molar-refractivity contribution in [1.82, 2.24) is 29.4 Å². The number of carbonyl (C=O) groups excluding carboxylic acids is 1. The number of nitrogens with one attached hydrogen (secondary N) is 1. The van der Waals surface area contributed by atoms with Gasteiger partial charge >= 0.3 is 0 Å². The lowest BCUT2D eigenvalue weighted by molar-refractivity contribution is 0.102. The lowest BCUT2D eigenvalue weighted by atomic mass is 10.2. The largest absolute Gasteiger partial charge is 0.289 e. The van der Waals surface area contributed by atoms with Gasteiger partial charge in [-0.1, -0.05) is 18.2 Å². The van der Waals surface area contributed by atoms with Gasteiger partial charge in [-0.25, -0.2) is 23.6 Å². The molecule has 0 atom stereocenters. The van der Waals surface area contributed by atoms with Crippen molar-refractivity contribution in [2.75, 3.05) is 5.32 Å². The van der Waals surface area contributed by atoms with Gasteiger partial charge in [-0.15, -0.1) is 5.10 Å². The number of carbonyl (C=O) groups is 1. The molecule has 0 aliphatic rings. The molecule has 3 aromatic heterocycles. The van der Waals surface area contributed by atoms with E-state index < -0.39 is 5.91 Å². The van der Waals surface area contributed by atoms with Crippen LogP contribution in [-0.2, 0) is 6.54 Å². The van der Waals surface area contributed by atoms with Gasteiger partial charge in [0.25, 0.3) is 5.91 Å². The summed E-state index contributed by atoms with van der Waals surface area (Å²) < 4.78 is 16.8. The third kappa shape index (κ3) is 3.26. The van der Waals surface area contributed by atoms with Gasteiger partial charge in [0, 0.05) is 17.0 Å². The summed E-state index contributed by atoms with van der Waals surface area (Å²) in [5.41, 5.74) is 2.95. The van der Waals surface area contributed by atoms with E-state index >= 15 is 0 Å². The Balaban J connectivity index is 1.54. The van der Waals surface area contributed by atoms with Crippen LogP contribution in [0.25, 0.3) is 5.65 Å². The molecule has 9 heteroatoms. The molecule has 0 radical (unpaired) electrons. The Morgan fingerprint density at radius 3 is 2.89 bits per heavy atom. The summed E-state index contributed by atoms with van der Waals surface area (Å²) in [6, 6.07) is 8.31. The Kier molecular flexibility index (Phi) is 4.11. The summed E-state index contributed by atoms with van der Waals surface area (Å²) in [6.45, 7) is 3.96. The van der Waals surface area contributed by atoms with Gasteiger partial charge in [-0.05, 0) is 26.0 Å². The van der Waals surface area contributed by atoms with E-state index in [9.17, 15) is 9.18 Å². The zero-order chi connectivity index (χ0) is 19.0. The van der Waals surface area contributed by atoms with Crippen LogP contribution in [0.5, 0.6) is 0 Å². The molecule has 0 aliphatic carbocycles. The first-order valence-corrected chi connectivity index (χ1v) is 8.27. The molecular formula is C18H16FN7O. The lowest BCUT2D eigenvalue weighted by Crippen LogP contribution is -2.14. The van der Waals surface area contributed by atoms with E-state index in [4.69, 9.17) is 0 Å². The first-order chi connectivity index (χ1) is 13.0. The molecule has 0 saturated carbocycles. The minimum atomic E-state index is -0.411. The highest BCUT2D eigenvalue weighted by Gasteiger charge is 2.17. The summed E-state index contributed by atoms with van der Waals surface area (Å²) in [4.78, 5) is 21.0. The number of aromatic nitrogens is 6. The van der Waals surface area contributed by atoms with Crippen LogP contribution in [-0.4, -0.2) is 35.3 Å². The predicted molar refractivity (Wildman–Crippen MR) is 95.9 cm³/mol. The third-order valence-electron chi connectivity index (χ3n) is 4.07. The number of anilines is 1. The predicted octanol–water partition coefficient (Wildman–Crippen LogP) is 2.38. The number of fused-ring (bicyclic) bond motifs is 1. The summed E-state index contributed by atoms with van der Waals surface area (Å²) in [6.07, 6.45) is 2.89. The standard InChI is InChI=1S/C18H16FN7O/c1-11-7-12(2)26-16(22-11)14(8-21-26)17(27)23-18-20-10-25(24-18)9-13-5-3-4-6-15(13)19/h3-8,10H,9H2,1-2H3,(H,23,24,27). The first-order valence-electron chi connectivity index (χ1n) is 8.27. The smallest absolute Gasteiger partial charge is 0.263 e. The maximum absolute atomic E-state index is 13.7. The fourth-order valence-electron chi connectivity index (χ4n) is 2.83. The summed E-state index contributed by atoms with van der Waals surface area (Å²) in [5, 5.41) is 11.0. The average Bonchev–Trinajstić information content (AvgIpc) is 3.24. The molecule has 1 amide bonds. The Morgan fingerprint density at radius 1 is 1.26 bits per heavy atom. The van der Waals surface area contributed by atoms with Crippen LogP contribution >= 0.6 is 0 Å². The van der Waals surface area contributed by atoms with E-state index in [2.05, 4.69) is 25.5 Å². The maximum Gasteiger partial charge on any atom is 0.263 e. The van der Waals surface area contributed by atoms with Crippen molar-refractivity contribution in [3.05, 3.63) is 71.2 Å². The molecule has 1 aromatic carbocycles. The highest BCUT2D eigenvalue weighted by atomic mass is 19.1. The van der Waals surface area contributed by atoms with E-state index in [-0.39, 0.29) is 18.3 Å². The quantitative estimate of drug-likeness (QED) is 0.600. The monoisotopic (exact) mass is 365 g/mol. The van der Waals surface area contributed by atoms with Crippen LogP contribution in [0.3, 0.4) is 0 Å². The van der Waals surface area contributed by atoms with E-state index in [0.717, 1.165) is 11.4 Å². The van der Waals surface area contributed by atoms with Crippen molar-refractivity contribution < 1.29 is 9.18 Å². The minimum Gasteiger partial charge on any atom is -0.289 e. The van der Waals surface area contributed by atoms with Crippen LogP contribution in [0.2, 0.25) is 0 Å². The highest BCUT2D eigenvalue weighted by Crippen LogP contribution is 2.14. The van der Waals surface area contributed by atoms with Crippen LogP contribution < -0.4 is 5.32 Å². The van der Waals surface area contributed by atoms with Gasteiger partial charge in [0.15, 0.2) is 5.65 Å². The fourth-order valence-corrected chi connectivity index (χ4v) is 2.83. The Morgan fingerprint density at radius 2 is 2.07 bits per heavy atom. The van der Waals surface area contributed by atoms with Crippen LogP contribution in [0, 0.1) is 19.7 Å². The fraction of sp³-hybridized carbons (Fsp3) is 0.167. The van der Waals surface area contributed by atoms with Crippen LogP contribution in [0.1, 0.15) is 27.3 Å². The van der Waals surface area contributed by atoms with E-state index in [0.29, 0.717) is 16.8 Å². The molecule has 1 N–H and O–H groups in total. The Labute approximate surface area is 153 Å². The number of hydrogen-bond acceptors (Lipinski definition) is 5. The zero-order valence-electron chi connectivity index (χ0n) is 14.7. The molecule has 27 heavy (non-hydrogen) atoms. The third-order valence-corrected chi connectivity index (χ3v) is 4.07. The molecular weight excluding hydrogens is 349 g/mol. The number of hydrogen-bond donors (Lipinski definition) is 1. The topological polar surface area (TPSA) is 90.0 Å². The molecule has 0 fully saturated rings. The van der Waals surface area contributed by atoms with Crippen molar-refractivity contribution in [1.29, 1.82) is 0 Å². The molecule has 4 rings (SSSR count). The molecule has 8 nitrogen and oxygen atoms in total. The number of nitrogens with zero attached hydrogens (tertiary/aromatic N) is 6. The summed E-state index contributed by atoms with van der Waals surface area (Å²) >= 11 is 0. The Bertz CT molecular complexity index is 1150. The summed E-state index contributed by atoms with van der Waals surface area (Å²) in [7, 11) is 0. The van der Waals surface area contributed by atoms with Gasteiger partial charge in [-0.3, -0.25) is 10.1 Å². The number of rotatable bonds is 4. The first kappa shape index (κ1) is 16.8. The number of amides is 1. The molecule has 0 saturated heterocycles. The van der Waals surface area contributed by atoms with Crippen molar-refractivity contribution in [3.8, 4) is 0 Å². The van der Waals surface area contributed by atoms with Crippen molar-refractivity contribution in [3.63, 3.8) is 0 Å². The van der Waals surface area contributed by atoms with Gasteiger partial charge in [0.1, 0.15) is 17.7 Å². The van der Waals surface area contributed by atoms with Crippen molar-refractivity contribution >= 4 is 17.5 Å². The molecule has 0 spiro atoms. The van der Waals surface area contributed by atoms with Gasteiger partial charge < -0.3 is 0 Å². The average molecular weight is 365 g/mol. The second-order valence-corrected chi connectivity index (χ2v) is 6.14. The number of halogens is 1. The molecule has 136 valence electrons. The van der Waals surface area contributed by atoms with Crippen molar-refractivity contribution in [2.24, 2.45) is 0 Å². The lowest BCUT2D eigenvalue weighted by Gasteiger charge is -2.03. The SMILES string of the molecule is Cc1cc(C)n2ncc(C(=O)Nc3ncn(Cc4ccccc4F)n3)c2n1. The van der Waals surface area contributed by atoms with E-state index in [1.165, 1.54) is 23.3 Å². The molecule has 3 heterocycles. The van der Waals surface area contributed by atoms with Crippen LogP contribution in [0.15, 0.2) is 42.9 Å². The second kappa shape index (κ2) is 6.60. The molecule has 0 aliphatic heterocycles. The van der Waals surface area contributed by atoms with Gasteiger partial charge in [0.2, 0.25) is 5.95 Å². The minimum absolute atomic E-state index is 0.125. The number of benzene rings is 1. The Hall–Kier alpha value is -3.62. The highest BCUT2D eigenvalue weighted by molar-refractivity contribution is 6.07. The van der Waals surface area contributed by atoms with Crippen LogP contribution in [0.4, 0.5) is 10.3 Å². The molecule has 0 bridgehead atoms. The van der Waals surface area contributed by atoms with Crippen molar-refractivity contribution in [2.45, 2.75) is 20.4 Å². The zero-order valence-corrected chi connectivity index (χ0v) is 14.7. The molecule has 4 aromatic rings. The summed E-state index contributed by atoms with van der Waals surface area (Å²) in [5.74, 6) is -0.604. The normalized spacial score (nSPS) is 11.1. The van der Waals surface area contributed by atoms with E-state index in [1.54, 1.807) is 22.7 Å². The molecule has 0 unspecified atom stereocenters. The second-order valence-electron chi connectivity index (χ2n) is 6.14. The maximum atomic E-state index is 13.7. The van der Waals surface area contributed by atoms with Gasteiger partial charge in [-0.2, -0.15) is 5.10 Å².